The van der Waals surface area contributed by atoms with Gasteiger partial charge in [-0.1, -0.05) is 6.07 Å². The van der Waals surface area contributed by atoms with Crippen molar-refractivity contribution >= 4 is 11.9 Å². The first-order valence-corrected chi connectivity index (χ1v) is 7.88. The predicted octanol–water partition coefficient (Wildman–Crippen LogP) is 2.10. The van der Waals surface area contributed by atoms with E-state index in [1.807, 2.05) is 39.2 Å². The molecule has 0 saturated carbocycles. The number of nitrogens with one attached hydrogen (secondary N) is 1. The van der Waals surface area contributed by atoms with Gasteiger partial charge < -0.3 is 10.1 Å². The highest BCUT2D eigenvalue weighted by molar-refractivity contribution is 5.93. The first-order chi connectivity index (χ1) is 11.4. The lowest BCUT2D eigenvalue weighted by Crippen LogP contribution is -2.35. The van der Waals surface area contributed by atoms with Crippen molar-refractivity contribution in [1.82, 2.24) is 5.32 Å². The maximum absolute atomic E-state index is 12.1. The molecule has 0 spiro atoms. The summed E-state index contributed by atoms with van der Waals surface area (Å²) in [7, 11) is 1.85. The van der Waals surface area contributed by atoms with Gasteiger partial charge in [-0.3, -0.25) is 4.79 Å². The number of hydrogen-bond acceptors (Lipinski definition) is 3. The van der Waals surface area contributed by atoms with Crippen molar-refractivity contribution in [1.29, 1.82) is 0 Å². The van der Waals surface area contributed by atoms with E-state index >= 15 is 0 Å². The van der Waals surface area contributed by atoms with Crippen molar-refractivity contribution in [2.75, 3.05) is 6.54 Å². The molecule has 24 heavy (non-hydrogen) atoms. The lowest BCUT2D eigenvalue weighted by molar-refractivity contribution is -0.671. The van der Waals surface area contributed by atoms with Crippen molar-refractivity contribution in [3.8, 4) is 0 Å². The molecule has 2 aromatic rings. The molecule has 5 heteroatoms. The van der Waals surface area contributed by atoms with Crippen LogP contribution >= 0.6 is 0 Å². The molecule has 0 aliphatic rings. The Balaban J connectivity index is 1.88. The summed E-state index contributed by atoms with van der Waals surface area (Å²) < 4.78 is 7.19. The molecule has 2 rings (SSSR count). The van der Waals surface area contributed by atoms with E-state index in [-0.39, 0.29) is 18.4 Å². The number of hydrogen-bond donors (Lipinski definition) is 1. The Morgan fingerprint density at radius 3 is 2.58 bits per heavy atom. The molecule has 1 unspecified atom stereocenters. The Bertz CT molecular complexity index is 756. The fraction of sp³-hybridized carbons (Fsp3) is 0.316. The summed E-state index contributed by atoms with van der Waals surface area (Å²) in [5, 5.41) is 2.77. The second kappa shape index (κ2) is 7.73. The van der Waals surface area contributed by atoms with E-state index in [0.29, 0.717) is 11.1 Å². The first kappa shape index (κ1) is 17.7. The number of ether oxygens (including phenoxy) is 1. The van der Waals surface area contributed by atoms with Crippen molar-refractivity contribution < 1.29 is 18.9 Å². The van der Waals surface area contributed by atoms with Gasteiger partial charge in [0.25, 0.3) is 5.91 Å². The maximum atomic E-state index is 12.1. The highest BCUT2D eigenvalue weighted by Gasteiger charge is 2.15. The average Bonchev–Trinajstić information content (AvgIpc) is 2.55. The van der Waals surface area contributed by atoms with Gasteiger partial charge in [-0.05, 0) is 50.1 Å². The zero-order valence-electron chi connectivity index (χ0n) is 14.5. The highest BCUT2D eigenvalue weighted by atomic mass is 16.5. The van der Waals surface area contributed by atoms with E-state index in [2.05, 4.69) is 5.32 Å². The molecule has 1 atom stereocenters. The first-order valence-electron chi connectivity index (χ1n) is 7.88. The fourth-order valence-corrected chi connectivity index (χ4v) is 2.22. The zero-order valence-corrected chi connectivity index (χ0v) is 14.5. The summed E-state index contributed by atoms with van der Waals surface area (Å²) >= 11 is 0. The molecule has 0 aliphatic heterocycles. The van der Waals surface area contributed by atoms with Crippen LogP contribution in [0.2, 0.25) is 0 Å². The number of aromatic nitrogens is 1. The van der Waals surface area contributed by atoms with E-state index in [4.69, 9.17) is 4.74 Å². The Morgan fingerprint density at radius 1 is 1.17 bits per heavy atom. The Morgan fingerprint density at radius 2 is 1.92 bits per heavy atom. The molecular weight excluding hydrogens is 304 g/mol. The topological polar surface area (TPSA) is 59.3 Å². The third kappa shape index (κ3) is 4.65. The van der Waals surface area contributed by atoms with E-state index in [1.54, 1.807) is 35.9 Å². The van der Waals surface area contributed by atoms with Gasteiger partial charge in [-0.2, -0.15) is 0 Å². The van der Waals surface area contributed by atoms with Crippen LogP contribution in [-0.2, 0) is 11.8 Å². The monoisotopic (exact) mass is 327 g/mol. The highest BCUT2D eigenvalue weighted by Crippen LogP contribution is 2.11. The van der Waals surface area contributed by atoms with Gasteiger partial charge in [-0.25, -0.2) is 9.36 Å². The number of amides is 1. The third-order valence-electron chi connectivity index (χ3n) is 3.80. The van der Waals surface area contributed by atoms with Crippen molar-refractivity contribution in [2.45, 2.75) is 26.9 Å². The molecule has 1 aromatic carbocycles. The second-order valence-electron chi connectivity index (χ2n) is 5.98. The van der Waals surface area contributed by atoms with Crippen LogP contribution in [0.5, 0.6) is 0 Å². The molecular formula is C19H23N2O3+. The summed E-state index contributed by atoms with van der Waals surface area (Å²) in [4.78, 5) is 24.2. The lowest BCUT2D eigenvalue weighted by Gasteiger charge is -2.14. The van der Waals surface area contributed by atoms with Crippen LogP contribution in [0.15, 0.2) is 42.7 Å². The molecule has 0 bridgehead atoms. The number of carbonyl (C=O) groups excluding carboxylic acids is 2. The van der Waals surface area contributed by atoms with Gasteiger partial charge in [0, 0.05) is 6.07 Å². The Hall–Kier alpha value is -2.69. The van der Waals surface area contributed by atoms with Crippen molar-refractivity contribution in [2.24, 2.45) is 7.05 Å². The largest absolute Gasteiger partial charge is 0.457 e. The van der Waals surface area contributed by atoms with Crippen LogP contribution in [0, 0.1) is 13.8 Å². The number of benzene rings is 1. The molecule has 0 radical (unpaired) electrons. The second-order valence-corrected chi connectivity index (χ2v) is 5.98. The number of nitrogens with zero attached hydrogens (tertiary/aromatic N) is 1. The molecule has 1 aromatic heterocycles. The smallest absolute Gasteiger partial charge is 0.338 e. The summed E-state index contributed by atoms with van der Waals surface area (Å²) in [6.07, 6.45) is 3.17. The quantitative estimate of drug-likeness (QED) is 0.676. The summed E-state index contributed by atoms with van der Waals surface area (Å²) in [6, 6.07) is 9.00. The molecule has 0 saturated heterocycles. The van der Waals surface area contributed by atoms with Crippen LogP contribution < -0.4 is 9.88 Å². The minimum Gasteiger partial charge on any atom is -0.457 e. The molecule has 1 heterocycles. The number of aryl methyl sites for hydroxylation is 3. The van der Waals surface area contributed by atoms with E-state index in [1.165, 1.54) is 0 Å². The summed E-state index contributed by atoms with van der Waals surface area (Å²) in [6.45, 7) is 5.96. The van der Waals surface area contributed by atoms with Crippen LogP contribution in [-0.4, -0.2) is 24.5 Å². The zero-order chi connectivity index (χ0) is 17.7. The lowest BCUT2D eigenvalue weighted by atomic mass is 10.1. The normalized spacial score (nSPS) is 11.7. The van der Waals surface area contributed by atoms with Crippen LogP contribution in [0.4, 0.5) is 0 Å². The molecule has 0 fully saturated rings. The van der Waals surface area contributed by atoms with Crippen LogP contribution in [0.1, 0.15) is 38.8 Å². The third-order valence-corrected chi connectivity index (χ3v) is 3.80. The predicted molar refractivity (Wildman–Crippen MR) is 90.7 cm³/mol. The molecule has 1 amide bonds. The molecule has 126 valence electrons. The van der Waals surface area contributed by atoms with E-state index < -0.39 is 6.10 Å². The minimum atomic E-state index is -0.416. The average molecular weight is 327 g/mol. The van der Waals surface area contributed by atoms with Gasteiger partial charge in [0.1, 0.15) is 18.7 Å². The van der Waals surface area contributed by atoms with Crippen molar-refractivity contribution in [3.63, 3.8) is 0 Å². The standard InChI is InChI=1S/C19H22N2O3/c1-13-7-8-16(10-14(13)2)19(23)24-15(3)11-20-18(22)17-6-5-9-21(4)12-17/h5-10,12,15H,11H2,1-4H3/p+1. The maximum Gasteiger partial charge on any atom is 0.338 e. The number of pyridine rings is 1. The fourth-order valence-electron chi connectivity index (χ4n) is 2.22. The van der Waals surface area contributed by atoms with Gasteiger partial charge in [0.05, 0.1) is 12.1 Å². The Kier molecular flexibility index (Phi) is 5.68. The Labute approximate surface area is 142 Å². The van der Waals surface area contributed by atoms with Crippen LogP contribution in [0.3, 0.4) is 0 Å². The summed E-state index contributed by atoms with van der Waals surface area (Å²) in [5.74, 6) is -0.578. The SMILES string of the molecule is Cc1ccc(C(=O)OC(C)CNC(=O)c2ccc[n+](C)c2)cc1C. The number of rotatable bonds is 5. The van der Waals surface area contributed by atoms with E-state index in [9.17, 15) is 9.59 Å². The van der Waals surface area contributed by atoms with Gasteiger partial charge in [0.15, 0.2) is 12.4 Å². The molecule has 5 nitrogen and oxygen atoms in total. The van der Waals surface area contributed by atoms with E-state index in [0.717, 1.165) is 11.1 Å². The molecule has 0 aliphatic carbocycles. The molecule has 1 N–H and O–H groups in total. The van der Waals surface area contributed by atoms with Gasteiger partial charge in [-0.15, -0.1) is 0 Å². The summed E-state index contributed by atoms with van der Waals surface area (Å²) in [5.41, 5.74) is 3.25. The number of esters is 1. The minimum absolute atomic E-state index is 0.194. The van der Waals surface area contributed by atoms with Gasteiger partial charge in [0.2, 0.25) is 0 Å². The number of carbonyl (C=O) groups is 2. The van der Waals surface area contributed by atoms with Crippen molar-refractivity contribution in [3.05, 3.63) is 65.0 Å². The van der Waals surface area contributed by atoms with Crippen LogP contribution in [0.25, 0.3) is 0 Å². The van der Waals surface area contributed by atoms with Gasteiger partial charge >= 0.3 is 5.97 Å².